The van der Waals surface area contributed by atoms with Crippen LogP contribution in [-0.4, -0.2) is 11.2 Å². The van der Waals surface area contributed by atoms with Crippen molar-refractivity contribution >= 4 is 11.9 Å². The maximum atomic E-state index is 11.3. The van der Waals surface area contributed by atoms with E-state index in [4.69, 9.17) is 0 Å². The van der Waals surface area contributed by atoms with E-state index in [-0.39, 0.29) is 46.2 Å². The minimum atomic E-state index is -0.0790. The topological polar surface area (TPSA) is 114 Å². The van der Waals surface area contributed by atoms with Crippen LogP contribution < -0.4 is 17.5 Å². The summed E-state index contributed by atoms with van der Waals surface area (Å²) in [6.45, 7) is 0. The molecule has 0 amide bonds. The van der Waals surface area contributed by atoms with Crippen LogP contribution in [0.1, 0.15) is 5.69 Å². The van der Waals surface area contributed by atoms with Crippen LogP contribution >= 0.6 is 0 Å². The van der Waals surface area contributed by atoms with Crippen molar-refractivity contribution in [3.8, 4) is 5.75 Å². The molecule has 6 N–H and O–H groups in total. The van der Waals surface area contributed by atoms with Crippen molar-refractivity contribution in [1.29, 1.82) is 0 Å². The third-order valence-corrected chi connectivity index (χ3v) is 1.89. The van der Waals surface area contributed by atoms with Crippen LogP contribution in [0.25, 0.3) is 0 Å². The van der Waals surface area contributed by atoms with E-state index in [0.717, 1.165) is 5.69 Å². The number of halogens is 1. The number of benzene rings is 1. The predicted molar refractivity (Wildman–Crippen MR) is 67.1 cm³/mol. The second-order valence-electron chi connectivity index (χ2n) is 2.98. The predicted octanol–water partition coefficient (Wildman–Crippen LogP) is -2.94. The van der Waals surface area contributed by atoms with Gasteiger partial charge in [0, 0.05) is 23.3 Å². The summed E-state index contributed by atoms with van der Waals surface area (Å²) < 4.78 is 0. The molecule has 0 saturated carbocycles. The van der Waals surface area contributed by atoms with E-state index in [1.165, 1.54) is 6.07 Å². The Morgan fingerprint density at radius 2 is 1.63 bits per heavy atom. The average molecular weight is 334 g/mol. The summed E-state index contributed by atoms with van der Waals surface area (Å²) in [6.07, 6.45) is 3.27. The maximum Gasteiger partial charge on any atom is 0.0812 e. The quantitative estimate of drug-likeness (QED) is 0.332. The van der Waals surface area contributed by atoms with E-state index >= 15 is 0 Å². The first-order chi connectivity index (χ1) is 7.36. The number of para-hydroxylation sites is 2. The minimum absolute atomic E-state index is 0. The van der Waals surface area contributed by atoms with Gasteiger partial charge in [-0.3, -0.25) is 9.98 Å². The number of hydrogen-bond acceptors (Lipinski definition) is 3. The Bertz CT molecular complexity index is 483. The average Bonchev–Trinajstić information content (AvgIpc) is 2.29. The molecule has 2 rings (SSSR count). The third-order valence-electron chi connectivity index (χ3n) is 1.89. The van der Waals surface area contributed by atoms with Gasteiger partial charge in [0.25, 0.3) is 0 Å². The number of aromatic nitrogens is 1. The molecule has 2 aromatic rings. The van der Waals surface area contributed by atoms with Crippen molar-refractivity contribution < 1.29 is 45.5 Å². The molecular weight excluding hydrogens is 319 g/mol. The fourth-order valence-corrected chi connectivity index (χ4v) is 1.15. The van der Waals surface area contributed by atoms with Crippen LogP contribution in [0.3, 0.4) is 0 Å². The maximum absolute atomic E-state index is 11.3. The van der Waals surface area contributed by atoms with Crippen LogP contribution in [0.5, 0.6) is 5.75 Å². The molecule has 0 fully saturated rings. The Morgan fingerprint density at radius 3 is 2.21 bits per heavy atom. The van der Waals surface area contributed by atoms with Crippen LogP contribution in [0.4, 0.5) is 5.69 Å². The molecule has 19 heavy (non-hydrogen) atoms. The van der Waals surface area contributed by atoms with Gasteiger partial charge < -0.3 is 28.5 Å². The van der Waals surface area contributed by atoms with Gasteiger partial charge in [-0.05, 0) is 18.2 Å². The summed E-state index contributed by atoms with van der Waals surface area (Å²) in [5.74, 6) is -0.0790. The summed E-state index contributed by atoms with van der Waals surface area (Å²) in [5, 5.41) is 11.3. The summed E-state index contributed by atoms with van der Waals surface area (Å²) in [6, 6.07) is 12.2. The summed E-state index contributed by atoms with van der Waals surface area (Å²) >= 11 is 0. The molecule has 0 saturated heterocycles. The van der Waals surface area contributed by atoms with E-state index < -0.39 is 0 Å². The first kappa shape index (κ1) is 22.7. The monoisotopic (exact) mass is 333 g/mol. The first-order valence-electron chi connectivity index (χ1n) is 4.57. The van der Waals surface area contributed by atoms with Crippen LogP contribution in [-0.2, 0) is 28.0 Å². The van der Waals surface area contributed by atoms with Crippen molar-refractivity contribution in [3.63, 3.8) is 0 Å². The van der Waals surface area contributed by atoms with Crippen molar-refractivity contribution in [3.05, 3.63) is 54.4 Å². The molecule has 0 aliphatic carbocycles. The number of aliphatic imine (C=N–C) groups is 1. The zero-order valence-corrected chi connectivity index (χ0v) is 11.5. The number of hydrogen-bond donors (Lipinski definition) is 0. The molecule has 5 nitrogen and oxygen atoms in total. The Hall–Kier alpha value is -1.43. The van der Waals surface area contributed by atoms with Gasteiger partial charge in [0.15, 0.2) is 0 Å². The van der Waals surface area contributed by atoms with Gasteiger partial charge in [0.05, 0.1) is 17.6 Å². The van der Waals surface area contributed by atoms with Gasteiger partial charge in [-0.25, -0.2) is 0 Å². The second kappa shape index (κ2) is 11.6. The molecule has 109 valence electrons. The largest absolute Gasteiger partial charge is 1.00 e. The van der Waals surface area contributed by atoms with Gasteiger partial charge in [0.1, 0.15) is 0 Å². The molecule has 0 aliphatic rings. The Morgan fingerprint density at radius 1 is 1.00 bits per heavy atom. The number of nitrogens with zero attached hydrogens (tertiary/aromatic N) is 2. The zero-order valence-electron chi connectivity index (χ0n) is 9.83. The standard InChI is InChI=1S/C12H10N2O.ClH.Cu.2H2O/c15-12-7-2-1-6-11(12)14-9-10-5-3-4-8-13-10;;;;/h1-9,15H;1H;;2*1H2. The van der Waals surface area contributed by atoms with Gasteiger partial charge in [-0.15, -0.1) is 0 Å². The van der Waals surface area contributed by atoms with E-state index in [0.29, 0.717) is 5.69 Å². The molecular formula is C12H15ClCuN2O3. The molecule has 0 unspecified atom stereocenters. The van der Waals surface area contributed by atoms with E-state index in [2.05, 4.69) is 9.98 Å². The summed E-state index contributed by atoms with van der Waals surface area (Å²) in [5.41, 5.74) is 1.17. The van der Waals surface area contributed by atoms with Crippen molar-refractivity contribution in [1.82, 2.24) is 4.98 Å². The van der Waals surface area contributed by atoms with E-state index in [9.17, 15) is 5.11 Å². The third kappa shape index (κ3) is 6.90. The smallest absolute Gasteiger partial charge is 0.0812 e. The zero-order chi connectivity index (χ0) is 10.5. The van der Waals surface area contributed by atoms with E-state index in [1.807, 2.05) is 18.2 Å². The molecule has 1 radical (unpaired) electrons. The van der Waals surface area contributed by atoms with Crippen molar-refractivity contribution in [2.45, 2.75) is 0 Å². The molecule has 0 spiro atoms. The fraction of sp³-hybridized carbons (Fsp3) is 0. The number of pyridine rings is 1. The second-order valence-corrected chi connectivity index (χ2v) is 2.98. The molecule has 1 heterocycles. The first-order valence-corrected chi connectivity index (χ1v) is 4.57. The van der Waals surface area contributed by atoms with Gasteiger partial charge in [0.2, 0.25) is 0 Å². The van der Waals surface area contributed by atoms with E-state index in [1.54, 1.807) is 30.6 Å². The normalized spacial score (nSPS) is 8.42. The van der Waals surface area contributed by atoms with Crippen molar-refractivity contribution in [2.75, 3.05) is 0 Å². The summed E-state index contributed by atoms with van der Waals surface area (Å²) in [7, 11) is 0. The molecule has 1 aromatic heterocycles. The number of rotatable bonds is 2. The van der Waals surface area contributed by atoms with Gasteiger partial charge in [-0.2, -0.15) is 0 Å². The van der Waals surface area contributed by atoms with Gasteiger partial charge in [-0.1, -0.05) is 30.0 Å². The van der Waals surface area contributed by atoms with Gasteiger partial charge >= 0.3 is 0 Å². The molecule has 0 bridgehead atoms. The molecule has 0 aliphatic heterocycles. The Labute approximate surface area is 127 Å². The van der Waals surface area contributed by atoms with Crippen LogP contribution in [0.15, 0.2) is 53.7 Å². The van der Waals surface area contributed by atoms with Crippen LogP contribution in [0.2, 0.25) is 0 Å². The fourth-order valence-electron chi connectivity index (χ4n) is 1.15. The molecule has 1 aromatic carbocycles. The minimum Gasteiger partial charge on any atom is -1.00 e. The molecule has 0 atom stereocenters. The van der Waals surface area contributed by atoms with Crippen LogP contribution in [0, 0.1) is 0 Å². The SMILES string of the molecule is [Cl-].[Cu].[O-]c1ccccc1N=Cc1ccccn1.[OH3+].[OH3+]. The Kier molecular flexibility index (Phi) is 13.9. The molecule has 7 heteroatoms. The van der Waals surface area contributed by atoms with Crippen molar-refractivity contribution in [2.24, 2.45) is 4.99 Å². The Balaban J connectivity index is -0.000000640. The summed E-state index contributed by atoms with van der Waals surface area (Å²) in [4.78, 5) is 8.15.